The number of fused-ring (bicyclic) bond motifs is 1. The molecular formula is C17H13F2NO2S. The molecule has 0 N–H and O–H groups in total. The van der Waals surface area contributed by atoms with Gasteiger partial charge in [0.1, 0.15) is 5.01 Å². The third kappa shape index (κ3) is 3.65. The molecule has 0 spiro atoms. The topological polar surface area (TPSA) is 31.4 Å². The van der Waals surface area contributed by atoms with Gasteiger partial charge in [-0.1, -0.05) is 24.3 Å². The molecule has 3 nitrogen and oxygen atoms in total. The van der Waals surface area contributed by atoms with Gasteiger partial charge in [0.2, 0.25) is 0 Å². The summed E-state index contributed by atoms with van der Waals surface area (Å²) in [5, 5.41) is 0.846. The number of rotatable bonds is 5. The van der Waals surface area contributed by atoms with E-state index < -0.39 is 6.61 Å². The number of ether oxygens (including phenoxy) is 2. The summed E-state index contributed by atoms with van der Waals surface area (Å²) >= 11 is 1.57. The number of methoxy groups -OCH3 is 1. The van der Waals surface area contributed by atoms with E-state index in [1.165, 1.54) is 13.2 Å². The minimum Gasteiger partial charge on any atom is -0.493 e. The van der Waals surface area contributed by atoms with Crippen LogP contribution in [0.5, 0.6) is 11.5 Å². The van der Waals surface area contributed by atoms with Crippen LogP contribution in [0, 0.1) is 0 Å². The lowest BCUT2D eigenvalue weighted by Gasteiger charge is -2.10. The molecule has 23 heavy (non-hydrogen) atoms. The number of hydrogen-bond donors (Lipinski definition) is 0. The highest BCUT2D eigenvalue weighted by molar-refractivity contribution is 7.19. The van der Waals surface area contributed by atoms with Crippen LogP contribution in [0.3, 0.4) is 0 Å². The Morgan fingerprint density at radius 3 is 2.65 bits per heavy atom. The van der Waals surface area contributed by atoms with Crippen molar-refractivity contribution >= 4 is 33.7 Å². The normalized spacial score (nSPS) is 11.5. The van der Waals surface area contributed by atoms with Crippen LogP contribution < -0.4 is 9.47 Å². The van der Waals surface area contributed by atoms with Crippen molar-refractivity contribution in [1.29, 1.82) is 0 Å². The molecule has 1 aromatic heterocycles. The minimum atomic E-state index is -2.90. The third-order valence-electron chi connectivity index (χ3n) is 3.13. The zero-order valence-corrected chi connectivity index (χ0v) is 13.0. The van der Waals surface area contributed by atoms with E-state index in [1.807, 2.05) is 30.3 Å². The van der Waals surface area contributed by atoms with Crippen LogP contribution in [0.25, 0.3) is 22.4 Å². The molecule has 3 aromatic rings. The van der Waals surface area contributed by atoms with Crippen molar-refractivity contribution in [3.8, 4) is 11.5 Å². The summed E-state index contributed by atoms with van der Waals surface area (Å²) in [6.45, 7) is -2.90. The number of benzene rings is 2. The van der Waals surface area contributed by atoms with Gasteiger partial charge in [0.05, 0.1) is 17.3 Å². The molecule has 118 valence electrons. The van der Waals surface area contributed by atoms with Crippen molar-refractivity contribution in [1.82, 2.24) is 4.98 Å². The Balaban J connectivity index is 1.86. The first-order chi connectivity index (χ1) is 11.2. The van der Waals surface area contributed by atoms with Gasteiger partial charge in [0.25, 0.3) is 0 Å². The Kier molecular flexibility index (Phi) is 4.52. The average molecular weight is 333 g/mol. The van der Waals surface area contributed by atoms with E-state index in [0.717, 1.165) is 20.8 Å². The summed E-state index contributed by atoms with van der Waals surface area (Å²) in [4.78, 5) is 4.49. The Hall–Kier alpha value is -2.47. The molecule has 0 aliphatic rings. The second kappa shape index (κ2) is 6.75. The molecule has 0 unspecified atom stereocenters. The van der Waals surface area contributed by atoms with E-state index in [1.54, 1.807) is 29.5 Å². The maximum atomic E-state index is 12.4. The molecule has 0 bridgehead atoms. The van der Waals surface area contributed by atoms with E-state index in [-0.39, 0.29) is 11.5 Å². The van der Waals surface area contributed by atoms with Crippen LogP contribution in [0.4, 0.5) is 8.78 Å². The zero-order valence-electron chi connectivity index (χ0n) is 12.2. The molecule has 3 rings (SSSR count). The lowest BCUT2D eigenvalue weighted by atomic mass is 10.2. The van der Waals surface area contributed by atoms with Crippen molar-refractivity contribution in [2.24, 2.45) is 0 Å². The monoisotopic (exact) mass is 333 g/mol. The van der Waals surface area contributed by atoms with Gasteiger partial charge in [-0.05, 0) is 35.9 Å². The predicted molar refractivity (Wildman–Crippen MR) is 88.2 cm³/mol. The highest BCUT2D eigenvalue weighted by Crippen LogP contribution is 2.30. The molecule has 0 aliphatic heterocycles. The number of thiazole rings is 1. The molecule has 6 heteroatoms. The first-order valence-corrected chi connectivity index (χ1v) is 7.64. The van der Waals surface area contributed by atoms with Crippen LogP contribution >= 0.6 is 11.3 Å². The van der Waals surface area contributed by atoms with Crippen molar-refractivity contribution < 1.29 is 18.3 Å². The number of halogens is 2. The largest absolute Gasteiger partial charge is 0.493 e. The van der Waals surface area contributed by atoms with E-state index in [9.17, 15) is 8.78 Å². The zero-order chi connectivity index (χ0) is 16.2. The van der Waals surface area contributed by atoms with Crippen molar-refractivity contribution in [3.05, 3.63) is 53.0 Å². The number of nitrogens with zero attached hydrogens (tertiary/aromatic N) is 1. The van der Waals surface area contributed by atoms with Crippen LogP contribution in [0.2, 0.25) is 0 Å². The standard InChI is InChI=1S/C17H13F2NO2S/c1-21-13-8-6-11(10-14(13)22-17(18)19)7-9-16-20-12-4-2-3-5-15(12)23-16/h2-10,17H,1H3. The van der Waals surface area contributed by atoms with Gasteiger partial charge in [-0.3, -0.25) is 0 Å². The van der Waals surface area contributed by atoms with Crippen LogP contribution in [-0.4, -0.2) is 18.7 Å². The second-order valence-corrected chi connectivity index (χ2v) is 5.70. The number of para-hydroxylation sites is 1. The van der Waals surface area contributed by atoms with E-state index in [0.29, 0.717) is 0 Å². The Bertz CT molecular complexity index is 812. The Labute approximate surface area is 135 Å². The van der Waals surface area contributed by atoms with E-state index in [2.05, 4.69) is 9.72 Å². The second-order valence-electron chi connectivity index (χ2n) is 4.64. The fourth-order valence-electron chi connectivity index (χ4n) is 2.11. The highest BCUT2D eigenvalue weighted by Gasteiger charge is 2.10. The average Bonchev–Trinajstić information content (AvgIpc) is 2.95. The molecule has 0 saturated heterocycles. The number of aromatic nitrogens is 1. The van der Waals surface area contributed by atoms with E-state index >= 15 is 0 Å². The van der Waals surface area contributed by atoms with Gasteiger partial charge >= 0.3 is 6.61 Å². The molecule has 0 aliphatic carbocycles. The van der Waals surface area contributed by atoms with Gasteiger partial charge in [0.15, 0.2) is 11.5 Å². The summed E-state index contributed by atoms with van der Waals surface area (Å²) < 4.78 is 35.5. The van der Waals surface area contributed by atoms with Gasteiger partial charge in [0, 0.05) is 0 Å². The smallest absolute Gasteiger partial charge is 0.387 e. The quantitative estimate of drug-likeness (QED) is 0.653. The van der Waals surface area contributed by atoms with Crippen LogP contribution in [0.1, 0.15) is 10.6 Å². The summed E-state index contributed by atoms with van der Waals surface area (Å²) in [7, 11) is 1.41. The van der Waals surface area contributed by atoms with Crippen LogP contribution in [0.15, 0.2) is 42.5 Å². The first-order valence-electron chi connectivity index (χ1n) is 6.82. The van der Waals surface area contributed by atoms with Crippen molar-refractivity contribution in [3.63, 3.8) is 0 Å². The lowest BCUT2D eigenvalue weighted by molar-refractivity contribution is -0.0512. The van der Waals surface area contributed by atoms with Gasteiger partial charge in [-0.15, -0.1) is 11.3 Å². The van der Waals surface area contributed by atoms with Gasteiger partial charge in [-0.2, -0.15) is 8.78 Å². The number of alkyl halides is 2. The van der Waals surface area contributed by atoms with Crippen molar-refractivity contribution in [2.75, 3.05) is 7.11 Å². The summed E-state index contributed by atoms with van der Waals surface area (Å²) in [5.74, 6) is 0.274. The Morgan fingerprint density at radius 2 is 1.91 bits per heavy atom. The molecule has 1 heterocycles. The minimum absolute atomic E-state index is 0.00829. The third-order valence-corrected chi connectivity index (χ3v) is 4.13. The fraction of sp³-hybridized carbons (Fsp3) is 0.118. The fourth-order valence-corrected chi connectivity index (χ4v) is 2.98. The molecule has 2 aromatic carbocycles. The highest BCUT2D eigenvalue weighted by atomic mass is 32.1. The molecule has 0 amide bonds. The lowest BCUT2D eigenvalue weighted by Crippen LogP contribution is -2.03. The summed E-state index contributed by atoms with van der Waals surface area (Å²) in [6.07, 6.45) is 3.65. The molecule has 0 fully saturated rings. The summed E-state index contributed by atoms with van der Waals surface area (Å²) in [6, 6.07) is 12.7. The first kappa shape index (κ1) is 15.4. The molecular weight excluding hydrogens is 320 g/mol. The molecule has 0 saturated carbocycles. The Morgan fingerprint density at radius 1 is 1.09 bits per heavy atom. The maximum Gasteiger partial charge on any atom is 0.387 e. The van der Waals surface area contributed by atoms with Crippen molar-refractivity contribution in [2.45, 2.75) is 6.61 Å². The summed E-state index contributed by atoms with van der Waals surface area (Å²) in [5.41, 5.74) is 1.66. The molecule has 0 atom stereocenters. The van der Waals surface area contributed by atoms with Gasteiger partial charge < -0.3 is 9.47 Å². The van der Waals surface area contributed by atoms with E-state index in [4.69, 9.17) is 4.74 Å². The predicted octanol–water partition coefficient (Wildman–Crippen LogP) is 5.08. The SMILES string of the molecule is COc1ccc(C=Cc2nc3ccccc3s2)cc1OC(F)F. The number of hydrogen-bond acceptors (Lipinski definition) is 4. The molecule has 0 radical (unpaired) electrons. The van der Waals surface area contributed by atoms with Gasteiger partial charge in [-0.25, -0.2) is 4.98 Å². The van der Waals surface area contributed by atoms with Crippen LogP contribution in [-0.2, 0) is 0 Å². The maximum absolute atomic E-state index is 12.4.